The van der Waals surface area contributed by atoms with Crippen LogP contribution in [0.4, 0.5) is 0 Å². The standard InChI is InChI=1S/C21H35N5O/c1-5-22-21(26-13-9-18(16-26)14-17(2)3)24-15-20(27)25(4)12-10-19-8-6-7-11-23-19/h6-8,11,17-18H,5,9-10,12-16H2,1-4H3,(H,22,24). The summed E-state index contributed by atoms with van der Waals surface area (Å²) >= 11 is 0. The summed E-state index contributed by atoms with van der Waals surface area (Å²) in [7, 11) is 1.84. The maximum atomic E-state index is 12.4. The van der Waals surface area contributed by atoms with Gasteiger partial charge in [-0.25, -0.2) is 4.99 Å². The van der Waals surface area contributed by atoms with Gasteiger partial charge in [-0.05, 0) is 43.7 Å². The number of nitrogens with zero attached hydrogens (tertiary/aromatic N) is 4. The van der Waals surface area contributed by atoms with Gasteiger partial charge in [0.15, 0.2) is 5.96 Å². The number of carbonyl (C=O) groups excluding carboxylic acids is 1. The quantitative estimate of drug-likeness (QED) is 0.562. The molecule has 0 aromatic carbocycles. The highest BCUT2D eigenvalue weighted by Gasteiger charge is 2.25. The SMILES string of the molecule is CCNC(=NCC(=O)N(C)CCc1ccccn1)N1CCC(CC(C)C)C1. The monoisotopic (exact) mass is 373 g/mol. The number of guanidine groups is 1. The molecule has 1 fully saturated rings. The molecule has 0 saturated carbocycles. The molecule has 1 aromatic heterocycles. The van der Waals surface area contributed by atoms with Gasteiger partial charge in [-0.3, -0.25) is 9.78 Å². The highest BCUT2D eigenvalue weighted by atomic mass is 16.2. The van der Waals surface area contributed by atoms with Crippen molar-refractivity contribution < 1.29 is 4.79 Å². The molecular formula is C21H35N5O. The van der Waals surface area contributed by atoms with E-state index in [1.807, 2.05) is 25.2 Å². The second-order valence-electron chi connectivity index (χ2n) is 7.79. The number of pyridine rings is 1. The minimum Gasteiger partial charge on any atom is -0.357 e. The zero-order valence-electron chi connectivity index (χ0n) is 17.3. The van der Waals surface area contributed by atoms with Crippen molar-refractivity contribution in [1.29, 1.82) is 0 Å². The van der Waals surface area contributed by atoms with Gasteiger partial charge in [0.2, 0.25) is 5.91 Å². The molecule has 1 amide bonds. The van der Waals surface area contributed by atoms with Crippen LogP contribution in [0.3, 0.4) is 0 Å². The molecule has 1 atom stereocenters. The predicted molar refractivity (Wildman–Crippen MR) is 111 cm³/mol. The van der Waals surface area contributed by atoms with E-state index in [9.17, 15) is 4.79 Å². The number of carbonyl (C=O) groups is 1. The van der Waals surface area contributed by atoms with E-state index in [4.69, 9.17) is 0 Å². The van der Waals surface area contributed by atoms with Crippen molar-refractivity contribution in [2.24, 2.45) is 16.8 Å². The van der Waals surface area contributed by atoms with Gasteiger partial charge in [-0.1, -0.05) is 19.9 Å². The number of hydrogen-bond donors (Lipinski definition) is 1. The average molecular weight is 374 g/mol. The van der Waals surface area contributed by atoms with Crippen molar-refractivity contribution >= 4 is 11.9 Å². The first-order valence-electron chi connectivity index (χ1n) is 10.2. The molecule has 1 N–H and O–H groups in total. The third-order valence-corrected chi connectivity index (χ3v) is 4.94. The molecule has 27 heavy (non-hydrogen) atoms. The third kappa shape index (κ3) is 7.19. The summed E-state index contributed by atoms with van der Waals surface area (Å²) in [5.41, 5.74) is 1.00. The van der Waals surface area contributed by atoms with Crippen LogP contribution in [0.15, 0.2) is 29.4 Å². The molecule has 1 saturated heterocycles. The fourth-order valence-electron chi connectivity index (χ4n) is 3.53. The van der Waals surface area contributed by atoms with Gasteiger partial charge in [-0.2, -0.15) is 0 Å². The number of aromatic nitrogens is 1. The molecule has 6 nitrogen and oxygen atoms in total. The summed E-state index contributed by atoms with van der Waals surface area (Å²) in [6.45, 7) is 10.3. The number of rotatable bonds is 8. The van der Waals surface area contributed by atoms with Crippen molar-refractivity contribution in [3.63, 3.8) is 0 Å². The average Bonchev–Trinajstić information content (AvgIpc) is 3.11. The van der Waals surface area contributed by atoms with Crippen LogP contribution >= 0.6 is 0 Å². The van der Waals surface area contributed by atoms with Crippen LogP contribution in [0.25, 0.3) is 0 Å². The van der Waals surface area contributed by atoms with Gasteiger partial charge in [0.1, 0.15) is 6.54 Å². The van der Waals surface area contributed by atoms with Crippen molar-refractivity contribution in [1.82, 2.24) is 20.1 Å². The Morgan fingerprint density at radius 1 is 1.44 bits per heavy atom. The summed E-state index contributed by atoms with van der Waals surface area (Å²) in [4.78, 5) is 25.4. The Kier molecular flexibility index (Phi) is 8.55. The largest absolute Gasteiger partial charge is 0.357 e. The molecule has 1 aliphatic heterocycles. The van der Waals surface area contributed by atoms with E-state index in [-0.39, 0.29) is 12.5 Å². The molecule has 0 aliphatic carbocycles. The Labute approximate surface area is 164 Å². The predicted octanol–water partition coefficient (Wildman–Crippen LogP) is 2.42. The van der Waals surface area contributed by atoms with Gasteiger partial charge in [0, 0.05) is 51.5 Å². The number of hydrogen-bond acceptors (Lipinski definition) is 3. The van der Waals surface area contributed by atoms with E-state index >= 15 is 0 Å². The lowest BCUT2D eigenvalue weighted by molar-refractivity contribution is -0.128. The second kappa shape index (κ2) is 10.9. The van der Waals surface area contributed by atoms with Crippen molar-refractivity contribution in [3.05, 3.63) is 30.1 Å². The first-order chi connectivity index (χ1) is 13.0. The molecule has 150 valence electrons. The number of nitrogens with one attached hydrogen (secondary N) is 1. The molecule has 2 rings (SSSR count). The maximum Gasteiger partial charge on any atom is 0.244 e. The van der Waals surface area contributed by atoms with Crippen LogP contribution < -0.4 is 5.32 Å². The van der Waals surface area contributed by atoms with Crippen LogP contribution in [0.5, 0.6) is 0 Å². The first-order valence-corrected chi connectivity index (χ1v) is 10.2. The molecule has 2 heterocycles. The van der Waals surface area contributed by atoms with E-state index in [2.05, 4.69) is 41.0 Å². The second-order valence-corrected chi connectivity index (χ2v) is 7.79. The summed E-state index contributed by atoms with van der Waals surface area (Å²) in [5, 5.41) is 3.35. The maximum absolute atomic E-state index is 12.4. The first kappa shape index (κ1) is 21.2. The fourth-order valence-corrected chi connectivity index (χ4v) is 3.53. The number of likely N-dealkylation sites (N-methyl/N-ethyl adjacent to an activating group) is 1. The van der Waals surface area contributed by atoms with Gasteiger partial charge >= 0.3 is 0 Å². The van der Waals surface area contributed by atoms with Crippen molar-refractivity contribution in [2.45, 2.75) is 40.0 Å². The van der Waals surface area contributed by atoms with E-state index in [0.29, 0.717) is 6.54 Å². The molecule has 0 radical (unpaired) electrons. The Hall–Kier alpha value is -2.11. The lowest BCUT2D eigenvalue weighted by Crippen LogP contribution is -2.41. The minimum absolute atomic E-state index is 0.0410. The van der Waals surface area contributed by atoms with E-state index in [1.54, 1.807) is 11.1 Å². The van der Waals surface area contributed by atoms with Crippen LogP contribution in [0.1, 0.15) is 39.3 Å². The van der Waals surface area contributed by atoms with Crippen LogP contribution in [0.2, 0.25) is 0 Å². The summed E-state index contributed by atoms with van der Waals surface area (Å²) < 4.78 is 0. The topological polar surface area (TPSA) is 60.8 Å². The Balaban J connectivity index is 1.85. The van der Waals surface area contributed by atoms with Gasteiger partial charge in [0.05, 0.1) is 0 Å². The zero-order chi connectivity index (χ0) is 19.6. The van der Waals surface area contributed by atoms with Gasteiger partial charge in [-0.15, -0.1) is 0 Å². The number of likely N-dealkylation sites (tertiary alicyclic amines) is 1. The molecule has 0 spiro atoms. The van der Waals surface area contributed by atoms with E-state index in [0.717, 1.165) is 49.5 Å². The molecular weight excluding hydrogens is 338 g/mol. The molecule has 0 bridgehead atoms. The highest BCUT2D eigenvalue weighted by molar-refractivity contribution is 5.85. The van der Waals surface area contributed by atoms with Crippen LogP contribution in [-0.2, 0) is 11.2 Å². The minimum atomic E-state index is 0.0410. The van der Waals surface area contributed by atoms with Gasteiger partial charge in [0.25, 0.3) is 0 Å². The highest BCUT2D eigenvalue weighted by Crippen LogP contribution is 2.23. The van der Waals surface area contributed by atoms with Crippen LogP contribution in [-0.4, -0.2) is 66.4 Å². The molecule has 1 aliphatic rings. The lowest BCUT2D eigenvalue weighted by Gasteiger charge is -2.22. The number of amides is 1. The Morgan fingerprint density at radius 3 is 2.93 bits per heavy atom. The Bertz CT molecular complexity index is 602. The number of aliphatic imine (C=N–C) groups is 1. The molecule has 1 unspecified atom stereocenters. The van der Waals surface area contributed by atoms with Gasteiger partial charge < -0.3 is 15.1 Å². The van der Waals surface area contributed by atoms with E-state index in [1.165, 1.54) is 12.8 Å². The van der Waals surface area contributed by atoms with E-state index < -0.39 is 0 Å². The normalized spacial score (nSPS) is 17.4. The summed E-state index contributed by atoms with van der Waals surface area (Å²) in [6.07, 6.45) is 5.01. The molecule has 1 aromatic rings. The summed E-state index contributed by atoms with van der Waals surface area (Å²) in [6, 6.07) is 5.86. The summed E-state index contributed by atoms with van der Waals surface area (Å²) in [5.74, 6) is 2.36. The van der Waals surface area contributed by atoms with Crippen molar-refractivity contribution in [3.8, 4) is 0 Å². The molecule has 6 heteroatoms. The van der Waals surface area contributed by atoms with Crippen LogP contribution in [0, 0.1) is 11.8 Å². The fraction of sp³-hybridized carbons (Fsp3) is 0.667. The Morgan fingerprint density at radius 2 is 2.26 bits per heavy atom. The zero-order valence-corrected chi connectivity index (χ0v) is 17.3. The lowest BCUT2D eigenvalue weighted by atomic mass is 9.97. The smallest absolute Gasteiger partial charge is 0.244 e. The van der Waals surface area contributed by atoms with Crippen molar-refractivity contribution in [2.75, 3.05) is 39.8 Å². The third-order valence-electron chi connectivity index (χ3n) is 4.94.